The van der Waals surface area contributed by atoms with Crippen molar-refractivity contribution in [3.63, 3.8) is 0 Å². The molecule has 0 unspecified atom stereocenters. The van der Waals surface area contributed by atoms with Gasteiger partial charge in [-0.25, -0.2) is 0 Å². The lowest BCUT2D eigenvalue weighted by Crippen LogP contribution is -2.41. The molecule has 3 aromatic rings. The van der Waals surface area contributed by atoms with Gasteiger partial charge in [0.2, 0.25) is 0 Å². The molecule has 1 saturated heterocycles. The second-order valence-corrected chi connectivity index (χ2v) is 8.72. The van der Waals surface area contributed by atoms with E-state index in [-0.39, 0.29) is 11.8 Å². The average molecular weight is 451 g/mol. The quantitative estimate of drug-likeness (QED) is 0.565. The first-order chi connectivity index (χ1) is 15.6. The zero-order chi connectivity index (χ0) is 22.5. The molecular formula is C25H26N2O4S. The van der Waals surface area contributed by atoms with Gasteiger partial charge in [0, 0.05) is 23.5 Å². The van der Waals surface area contributed by atoms with Crippen molar-refractivity contribution in [2.24, 2.45) is 0 Å². The Balaban J connectivity index is 1.57. The highest BCUT2D eigenvalue weighted by atomic mass is 32.1. The first-order valence-electron chi connectivity index (χ1n) is 10.7. The number of aryl methyl sites for hydroxylation is 1. The van der Waals surface area contributed by atoms with Crippen LogP contribution in [0.1, 0.15) is 38.1 Å². The van der Waals surface area contributed by atoms with E-state index in [0.717, 1.165) is 16.9 Å². The standard InChI is InChI=1S/C25H26N2O4S/c1-3-21-17(2)32-24(22(21)25(29)27-12-14-30-15-13-27)26-23(28)18-8-7-11-20(16-18)31-19-9-5-4-6-10-19/h4-11,16H,3,12-15H2,1-2H3,(H,26,28). The van der Waals surface area contributed by atoms with E-state index in [0.29, 0.717) is 53.9 Å². The second kappa shape index (κ2) is 9.97. The van der Waals surface area contributed by atoms with Crippen LogP contribution in [0.2, 0.25) is 0 Å². The number of carbonyl (C=O) groups excluding carboxylic acids is 2. The molecule has 2 amide bonds. The molecule has 1 N–H and O–H groups in total. The molecule has 2 aromatic carbocycles. The molecule has 7 heteroatoms. The summed E-state index contributed by atoms with van der Waals surface area (Å²) in [5, 5.41) is 3.57. The third-order valence-corrected chi connectivity index (χ3v) is 6.44. The Morgan fingerprint density at radius 1 is 1.06 bits per heavy atom. The molecule has 1 fully saturated rings. The van der Waals surface area contributed by atoms with Crippen molar-refractivity contribution in [3.8, 4) is 11.5 Å². The van der Waals surface area contributed by atoms with Gasteiger partial charge in [-0.3, -0.25) is 9.59 Å². The van der Waals surface area contributed by atoms with Crippen LogP contribution in [0.4, 0.5) is 5.00 Å². The highest BCUT2D eigenvalue weighted by Gasteiger charge is 2.27. The van der Waals surface area contributed by atoms with Crippen LogP contribution in [0.5, 0.6) is 11.5 Å². The summed E-state index contributed by atoms with van der Waals surface area (Å²) in [5.41, 5.74) is 2.05. The van der Waals surface area contributed by atoms with Gasteiger partial charge < -0.3 is 19.7 Å². The number of thiophene rings is 1. The van der Waals surface area contributed by atoms with Crippen molar-refractivity contribution < 1.29 is 19.1 Å². The molecule has 4 rings (SSSR count). The molecule has 2 heterocycles. The van der Waals surface area contributed by atoms with Gasteiger partial charge in [0.1, 0.15) is 16.5 Å². The van der Waals surface area contributed by atoms with Gasteiger partial charge in [-0.2, -0.15) is 0 Å². The number of benzene rings is 2. The molecular weight excluding hydrogens is 424 g/mol. The third-order valence-electron chi connectivity index (χ3n) is 5.38. The number of amides is 2. The van der Waals surface area contributed by atoms with Gasteiger partial charge in [-0.1, -0.05) is 31.2 Å². The minimum Gasteiger partial charge on any atom is -0.457 e. The molecule has 32 heavy (non-hydrogen) atoms. The maximum absolute atomic E-state index is 13.3. The largest absolute Gasteiger partial charge is 0.457 e. The van der Waals surface area contributed by atoms with Crippen molar-refractivity contribution in [1.29, 1.82) is 0 Å². The summed E-state index contributed by atoms with van der Waals surface area (Å²) in [5.74, 6) is 0.949. The Morgan fingerprint density at radius 3 is 2.50 bits per heavy atom. The first-order valence-corrected chi connectivity index (χ1v) is 11.5. The molecule has 1 aromatic heterocycles. The van der Waals surface area contributed by atoms with Gasteiger partial charge in [-0.15, -0.1) is 11.3 Å². The summed E-state index contributed by atoms with van der Waals surface area (Å²) < 4.78 is 11.2. The molecule has 0 spiro atoms. The van der Waals surface area contributed by atoms with E-state index < -0.39 is 0 Å². The Morgan fingerprint density at radius 2 is 1.78 bits per heavy atom. The monoisotopic (exact) mass is 450 g/mol. The first kappa shape index (κ1) is 22.0. The molecule has 1 aliphatic rings. The number of hydrogen-bond acceptors (Lipinski definition) is 5. The van der Waals surface area contributed by atoms with E-state index in [1.807, 2.05) is 50.2 Å². The van der Waals surface area contributed by atoms with Crippen molar-refractivity contribution in [1.82, 2.24) is 4.90 Å². The van der Waals surface area contributed by atoms with Crippen LogP contribution >= 0.6 is 11.3 Å². The zero-order valence-electron chi connectivity index (χ0n) is 18.2. The highest BCUT2D eigenvalue weighted by Crippen LogP contribution is 2.35. The maximum Gasteiger partial charge on any atom is 0.257 e. The fraction of sp³-hybridized carbons (Fsp3) is 0.280. The summed E-state index contributed by atoms with van der Waals surface area (Å²) in [6.07, 6.45) is 0.726. The number of rotatable bonds is 6. The molecule has 0 atom stereocenters. The lowest BCUT2D eigenvalue weighted by atomic mass is 10.1. The minimum atomic E-state index is -0.275. The molecule has 0 bridgehead atoms. The molecule has 0 aliphatic carbocycles. The minimum absolute atomic E-state index is 0.0500. The molecule has 0 radical (unpaired) electrons. The van der Waals surface area contributed by atoms with Crippen LogP contribution < -0.4 is 10.1 Å². The van der Waals surface area contributed by atoms with Gasteiger partial charge in [0.05, 0.1) is 18.8 Å². The Hall–Kier alpha value is -3.16. The number of ether oxygens (including phenoxy) is 2. The van der Waals surface area contributed by atoms with E-state index in [4.69, 9.17) is 9.47 Å². The maximum atomic E-state index is 13.3. The van der Waals surface area contributed by atoms with Gasteiger partial charge in [0.25, 0.3) is 11.8 Å². The number of nitrogens with one attached hydrogen (secondary N) is 1. The van der Waals surface area contributed by atoms with E-state index in [1.165, 1.54) is 11.3 Å². The average Bonchev–Trinajstić information content (AvgIpc) is 3.14. The van der Waals surface area contributed by atoms with E-state index in [9.17, 15) is 9.59 Å². The molecule has 6 nitrogen and oxygen atoms in total. The SMILES string of the molecule is CCc1c(C)sc(NC(=O)c2cccc(Oc3ccccc3)c2)c1C(=O)N1CCOCC1. The van der Waals surface area contributed by atoms with E-state index >= 15 is 0 Å². The lowest BCUT2D eigenvalue weighted by Gasteiger charge is -2.27. The molecule has 1 aliphatic heterocycles. The van der Waals surface area contributed by atoms with Crippen LogP contribution in [0, 0.1) is 6.92 Å². The summed E-state index contributed by atoms with van der Waals surface area (Å²) in [7, 11) is 0. The van der Waals surface area contributed by atoms with Gasteiger partial charge in [-0.05, 0) is 49.2 Å². The number of morpholine rings is 1. The number of hydrogen-bond donors (Lipinski definition) is 1. The van der Waals surface area contributed by atoms with Crippen molar-refractivity contribution in [2.75, 3.05) is 31.6 Å². The predicted molar refractivity (Wildman–Crippen MR) is 126 cm³/mol. The van der Waals surface area contributed by atoms with Gasteiger partial charge >= 0.3 is 0 Å². The fourth-order valence-corrected chi connectivity index (χ4v) is 4.88. The summed E-state index contributed by atoms with van der Waals surface area (Å²) in [4.78, 5) is 29.2. The van der Waals surface area contributed by atoms with Crippen LogP contribution in [-0.2, 0) is 11.2 Å². The number of carbonyl (C=O) groups is 2. The Labute approximate surface area is 191 Å². The summed E-state index contributed by atoms with van der Waals surface area (Å²) >= 11 is 1.45. The second-order valence-electron chi connectivity index (χ2n) is 7.50. The fourth-order valence-electron chi connectivity index (χ4n) is 3.74. The summed E-state index contributed by atoms with van der Waals surface area (Å²) in [6.45, 7) is 6.20. The number of anilines is 1. The molecule has 166 valence electrons. The molecule has 0 saturated carbocycles. The van der Waals surface area contributed by atoms with Crippen molar-refractivity contribution in [2.45, 2.75) is 20.3 Å². The van der Waals surface area contributed by atoms with Gasteiger partial charge in [0.15, 0.2) is 0 Å². The highest BCUT2D eigenvalue weighted by molar-refractivity contribution is 7.16. The Bertz CT molecular complexity index is 1100. The third kappa shape index (κ3) is 4.84. The van der Waals surface area contributed by atoms with E-state index in [2.05, 4.69) is 5.32 Å². The van der Waals surface area contributed by atoms with Crippen LogP contribution in [-0.4, -0.2) is 43.0 Å². The number of nitrogens with zero attached hydrogens (tertiary/aromatic N) is 1. The van der Waals surface area contributed by atoms with Crippen LogP contribution in [0.25, 0.3) is 0 Å². The van der Waals surface area contributed by atoms with Crippen LogP contribution in [0.15, 0.2) is 54.6 Å². The summed E-state index contributed by atoms with van der Waals surface area (Å²) in [6, 6.07) is 16.4. The topological polar surface area (TPSA) is 67.9 Å². The predicted octanol–water partition coefficient (Wildman–Crippen LogP) is 5.14. The smallest absolute Gasteiger partial charge is 0.257 e. The van der Waals surface area contributed by atoms with Crippen molar-refractivity contribution >= 4 is 28.2 Å². The Kier molecular flexibility index (Phi) is 6.87. The number of para-hydroxylation sites is 1. The zero-order valence-corrected chi connectivity index (χ0v) is 19.0. The van der Waals surface area contributed by atoms with Crippen LogP contribution in [0.3, 0.4) is 0 Å². The normalized spacial score (nSPS) is 13.6. The van der Waals surface area contributed by atoms with Crippen molar-refractivity contribution in [3.05, 3.63) is 76.2 Å². The van der Waals surface area contributed by atoms with E-state index in [1.54, 1.807) is 23.1 Å². The lowest BCUT2D eigenvalue weighted by molar-refractivity contribution is 0.0303.